The molecule has 1 N–H and O–H groups in total. The van der Waals surface area contributed by atoms with E-state index in [4.69, 9.17) is 4.98 Å². The average Bonchev–Trinajstić information content (AvgIpc) is 2.86. The van der Waals surface area contributed by atoms with Crippen molar-refractivity contribution in [2.75, 3.05) is 0 Å². The first-order valence-corrected chi connectivity index (χ1v) is 8.98. The van der Waals surface area contributed by atoms with Crippen LogP contribution in [0.3, 0.4) is 0 Å². The molecule has 0 saturated heterocycles. The summed E-state index contributed by atoms with van der Waals surface area (Å²) in [5.74, 6) is 0.769. The lowest BCUT2D eigenvalue weighted by Crippen LogP contribution is -2.34. The van der Waals surface area contributed by atoms with E-state index in [1.807, 2.05) is 11.3 Å². The second-order valence-electron chi connectivity index (χ2n) is 7.52. The van der Waals surface area contributed by atoms with Crippen LogP contribution in [0.5, 0.6) is 0 Å². The monoisotopic (exact) mass is 294 g/mol. The van der Waals surface area contributed by atoms with Gasteiger partial charge in [0.1, 0.15) is 5.01 Å². The van der Waals surface area contributed by atoms with Crippen LogP contribution < -0.4 is 5.32 Å². The second-order valence-corrected chi connectivity index (χ2v) is 8.41. The van der Waals surface area contributed by atoms with Crippen LogP contribution in [0.25, 0.3) is 0 Å². The van der Waals surface area contributed by atoms with Gasteiger partial charge in [-0.2, -0.15) is 0 Å². The Balaban J connectivity index is 2.19. The van der Waals surface area contributed by atoms with Gasteiger partial charge < -0.3 is 5.32 Å². The summed E-state index contributed by atoms with van der Waals surface area (Å²) in [5, 5.41) is 7.34. The number of aromatic nitrogens is 1. The van der Waals surface area contributed by atoms with Crippen LogP contribution in [-0.2, 0) is 5.41 Å². The summed E-state index contributed by atoms with van der Waals surface area (Å²) in [5.41, 5.74) is 1.40. The van der Waals surface area contributed by atoms with E-state index in [1.165, 1.54) is 42.8 Å². The van der Waals surface area contributed by atoms with E-state index in [1.54, 1.807) is 0 Å². The predicted octanol–water partition coefficient (Wildman–Crippen LogP) is 5.06. The maximum Gasteiger partial charge on any atom is 0.110 e. The minimum absolute atomic E-state index is 0.156. The Morgan fingerprint density at radius 3 is 2.35 bits per heavy atom. The Morgan fingerprint density at radius 1 is 1.20 bits per heavy atom. The van der Waals surface area contributed by atoms with E-state index < -0.39 is 0 Å². The number of nitrogens with one attached hydrogen (secondary N) is 1. The SMILES string of the molecule is CC(C)NC(c1nc(C(C)(C)C)cs1)C1CCCCC1. The van der Waals surface area contributed by atoms with Crippen molar-refractivity contribution >= 4 is 11.3 Å². The molecule has 1 aliphatic carbocycles. The van der Waals surface area contributed by atoms with Crippen LogP contribution in [0.1, 0.15) is 83.5 Å². The molecule has 0 aliphatic heterocycles. The zero-order valence-corrected chi connectivity index (χ0v) is 14.5. The minimum atomic E-state index is 0.156. The third-order valence-electron chi connectivity index (χ3n) is 4.19. The number of thiazole rings is 1. The van der Waals surface area contributed by atoms with Crippen LogP contribution in [0, 0.1) is 5.92 Å². The van der Waals surface area contributed by atoms with Gasteiger partial charge in [-0.1, -0.05) is 53.9 Å². The fraction of sp³-hybridized carbons (Fsp3) is 0.824. The van der Waals surface area contributed by atoms with Crippen molar-refractivity contribution < 1.29 is 0 Å². The van der Waals surface area contributed by atoms with Gasteiger partial charge in [-0.25, -0.2) is 4.98 Å². The highest BCUT2D eigenvalue weighted by Crippen LogP contribution is 2.37. The highest BCUT2D eigenvalue weighted by atomic mass is 32.1. The zero-order chi connectivity index (χ0) is 14.8. The van der Waals surface area contributed by atoms with Gasteiger partial charge in [0.25, 0.3) is 0 Å². The van der Waals surface area contributed by atoms with E-state index in [2.05, 4.69) is 45.3 Å². The van der Waals surface area contributed by atoms with Crippen LogP contribution >= 0.6 is 11.3 Å². The Labute approximate surface area is 128 Å². The van der Waals surface area contributed by atoms with E-state index in [-0.39, 0.29) is 5.41 Å². The van der Waals surface area contributed by atoms with E-state index in [9.17, 15) is 0 Å². The van der Waals surface area contributed by atoms with Crippen molar-refractivity contribution in [3.63, 3.8) is 0 Å². The summed E-state index contributed by atoms with van der Waals surface area (Å²) in [6, 6.07) is 0.973. The number of nitrogens with zero attached hydrogens (tertiary/aromatic N) is 1. The van der Waals surface area contributed by atoms with Gasteiger partial charge in [0, 0.05) is 16.8 Å². The van der Waals surface area contributed by atoms with E-state index in [0.717, 1.165) is 5.92 Å². The van der Waals surface area contributed by atoms with E-state index in [0.29, 0.717) is 12.1 Å². The van der Waals surface area contributed by atoms with Gasteiger partial charge in [0.05, 0.1) is 11.7 Å². The molecule has 0 bridgehead atoms. The molecule has 1 aliphatic rings. The van der Waals surface area contributed by atoms with Crippen LogP contribution in [0.4, 0.5) is 0 Å². The molecule has 3 heteroatoms. The third-order valence-corrected chi connectivity index (χ3v) is 5.12. The maximum absolute atomic E-state index is 4.97. The van der Waals surface area contributed by atoms with Gasteiger partial charge in [0.15, 0.2) is 0 Å². The van der Waals surface area contributed by atoms with Gasteiger partial charge in [-0.3, -0.25) is 0 Å². The normalized spacial score (nSPS) is 19.5. The molecule has 20 heavy (non-hydrogen) atoms. The fourth-order valence-corrected chi connectivity index (χ4v) is 4.21. The molecule has 0 aromatic carbocycles. The van der Waals surface area contributed by atoms with Crippen molar-refractivity contribution in [2.45, 2.75) is 84.2 Å². The molecule has 1 saturated carbocycles. The molecule has 1 aromatic rings. The largest absolute Gasteiger partial charge is 0.305 e. The Morgan fingerprint density at radius 2 is 1.85 bits per heavy atom. The van der Waals surface area contributed by atoms with Crippen molar-refractivity contribution in [2.24, 2.45) is 5.92 Å². The predicted molar refractivity (Wildman–Crippen MR) is 88.4 cm³/mol. The van der Waals surface area contributed by atoms with Crippen LogP contribution in [0.15, 0.2) is 5.38 Å². The minimum Gasteiger partial charge on any atom is -0.305 e. The van der Waals surface area contributed by atoms with E-state index >= 15 is 0 Å². The first kappa shape index (κ1) is 16.0. The summed E-state index contributed by atoms with van der Waals surface area (Å²) >= 11 is 1.85. The lowest BCUT2D eigenvalue weighted by Gasteiger charge is -2.31. The average molecular weight is 295 g/mol. The molecule has 2 rings (SSSR count). The molecular weight excluding hydrogens is 264 g/mol. The first-order valence-electron chi connectivity index (χ1n) is 8.10. The molecule has 1 atom stereocenters. The molecule has 0 amide bonds. The van der Waals surface area contributed by atoms with Crippen molar-refractivity contribution in [3.05, 3.63) is 16.1 Å². The van der Waals surface area contributed by atoms with Crippen LogP contribution in [-0.4, -0.2) is 11.0 Å². The highest BCUT2D eigenvalue weighted by Gasteiger charge is 2.29. The molecule has 1 heterocycles. The third kappa shape index (κ3) is 4.05. The highest BCUT2D eigenvalue weighted by molar-refractivity contribution is 7.09. The van der Waals surface area contributed by atoms with Crippen molar-refractivity contribution in [3.8, 4) is 0 Å². The van der Waals surface area contributed by atoms with Gasteiger partial charge in [-0.15, -0.1) is 11.3 Å². The van der Waals surface area contributed by atoms with Gasteiger partial charge in [-0.05, 0) is 18.8 Å². The summed E-state index contributed by atoms with van der Waals surface area (Å²) in [4.78, 5) is 4.97. The lowest BCUT2D eigenvalue weighted by atomic mass is 9.83. The van der Waals surface area contributed by atoms with Crippen molar-refractivity contribution in [1.82, 2.24) is 10.3 Å². The Hall–Kier alpha value is -0.410. The maximum atomic E-state index is 4.97. The summed E-state index contributed by atoms with van der Waals surface area (Å²) in [6.07, 6.45) is 6.90. The Bertz CT molecular complexity index is 411. The molecule has 1 fully saturated rings. The molecule has 2 nitrogen and oxygen atoms in total. The zero-order valence-electron chi connectivity index (χ0n) is 13.7. The molecule has 1 unspecified atom stereocenters. The number of hydrogen-bond donors (Lipinski definition) is 1. The Kier molecular flexibility index (Phi) is 5.25. The smallest absolute Gasteiger partial charge is 0.110 e. The fourth-order valence-electron chi connectivity index (χ4n) is 3.01. The molecular formula is C17H30N2S. The first-order chi connectivity index (χ1) is 9.38. The summed E-state index contributed by atoms with van der Waals surface area (Å²) in [6.45, 7) is 11.2. The van der Waals surface area contributed by atoms with Gasteiger partial charge in [0.2, 0.25) is 0 Å². The second kappa shape index (κ2) is 6.57. The topological polar surface area (TPSA) is 24.9 Å². The number of hydrogen-bond acceptors (Lipinski definition) is 3. The van der Waals surface area contributed by atoms with Crippen LogP contribution in [0.2, 0.25) is 0 Å². The summed E-state index contributed by atoms with van der Waals surface area (Å²) in [7, 11) is 0. The van der Waals surface area contributed by atoms with Gasteiger partial charge >= 0.3 is 0 Å². The lowest BCUT2D eigenvalue weighted by molar-refractivity contribution is 0.259. The number of rotatable bonds is 4. The van der Waals surface area contributed by atoms with Crippen molar-refractivity contribution in [1.29, 1.82) is 0 Å². The standard InChI is InChI=1S/C17H30N2S/c1-12(2)18-15(13-9-7-6-8-10-13)16-19-14(11-20-16)17(3,4)5/h11-13,15,18H,6-10H2,1-5H3. The molecule has 0 spiro atoms. The summed E-state index contributed by atoms with van der Waals surface area (Å²) < 4.78 is 0. The molecule has 1 aromatic heterocycles. The quantitative estimate of drug-likeness (QED) is 0.839. The molecule has 114 valence electrons. The molecule has 0 radical (unpaired) electrons.